The molecule has 0 radical (unpaired) electrons. The van der Waals surface area contributed by atoms with Crippen LogP contribution in [-0.2, 0) is 23.4 Å². The van der Waals surface area contributed by atoms with Gasteiger partial charge in [0.1, 0.15) is 17.1 Å². The zero-order chi connectivity index (χ0) is 31.7. The number of hydrogen-bond acceptors (Lipinski definition) is 8. The van der Waals surface area contributed by atoms with Crippen molar-refractivity contribution in [1.82, 2.24) is 24.2 Å². The number of aromatic nitrogens is 4. The largest absolute Gasteiger partial charge is 0.382 e. The average Bonchev–Trinajstić information content (AvgIpc) is 3.26. The molecule has 0 bridgehead atoms. The SMILES string of the molecule is Cc1c(C(=O)Nc2ccc(-c3nc(-c4cccc(CN5CCS(=O)(=O)CC5)c4)cnc3N)cc2)c(=O)n(-c2ccccc2)n1C. The van der Waals surface area contributed by atoms with Crippen molar-refractivity contribution in [1.29, 1.82) is 0 Å². The van der Waals surface area contributed by atoms with Crippen LogP contribution in [0.2, 0.25) is 0 Å². The number of carbonyl (C=O) groups is 1. The van der Waals surface area contributed by atoms with Crippen molar-refractivity contribution < 1.29 is 13.2 Å². The molecule has 1 aliphatic heterocycles. The highest BCUT2D eigenvalue weighted by molar-refractivity contribution is 7.91. The van der Waals surface area contributed by atoms with Crippen LogP contribution in [0.25, 0.3) is 28.2 Å². The Labute approximate surface area is 260 Å². The minimum absolute atomic E-state index is 0.0702. The molecule has 2 aromatic heterocycles. The maximum absolute atomic E-state index is 13.2. The number of benzene rings is 3. The van der Waals surface area contributed by atoms with E-state index in [0.717, 1.165) is 11.1 Å². The molecule has 45 heavy (non-hydrogen) atoms. The molecule has 1 aliphatic rings. The first kappa shape index (κ1) is 30.0. The summed E-state index contributed by atoms with van der Waals surface area (Å²) >= 11 is 0. The Morgan fingerprint density at radius 1 is 0.956 bits per heavy atom. The molecule has 0 spiro atoms. The predicted octanol–water partition coefficient (Wildman–Crippen LogP) is 3.67. The highest BCUT2D eigenvalue weighted by Gasteiger charge is 2.23. The van der Waals surface area contributed by atoms with E-state index < -0.39 is 21.3 Å². The fraction of sp³-hybridized carbons (Fsp3) is 0.212. The normalized spacial score (nSPS) is 14.7. The quantitative estimate of drug-likeness (QED) is 0.279. The summed E-state index contributed by atoms with van der Waals surface area (Å²) in [5.74, 6) is 0.134. The molecule has 6 rings (SSSR count). The molecule has 1 saturated heterocycles. The van der Waals surface area contributed by atoms with Crippen LogP contribution in [0.15, 0.2) is 89.9 Å². The van der Waals surface area contributed by atoms with Crippen molar-refractivity contribution in [3.63, 3.8) is 0 Å². The van der Waals surface area contributed by atoms with E-state index in [1.54, 1.807) is 49.1 Å². The number of nitrogens with zero attached hydrogens (tertiary/aromatic N) is 5. The van der Waals surface area contributed by atoms with Crippen molar-refractivity contribution >= 4 is 27.2 Å². The van der Waals surface area contributed by atoms with Crippen molar-refractivity contribution in [2.45, 2.75) is 13.5 Å². The molecule has 5 aromatic rings. The van der Waals surface area contributed by atoms with E-state index in [-0.39, 0.29) is 22.9 Å². The lowest BCUT2D eigenvalue weighted by Crippen LogP contribution is -2.39. The molecular formula is C33H33N7O4S. The molecule has 0 aliphatic carbocycles. The number of sulfone groups is 1. The molecule has 0 saturated carbocycles. The van der Waals surface area contributed by atoms with E-state index in [0.29, 0.717) is 53.7 Å². The topological polar surface area (TPSA) is 145 Å². The second-order valence-electron chi connectivity index (χ2n) is 11.1. The standard InChI is InChI=1S/C33H33N7O4S/c1-22-29(33(42)40(38(22)2)27-9-4-3-5-10-27)32(41)36-26-13-11-24(12-14-26)30-31(34)35-20-28(37-30)25-8-6-7-23(19-25)21-39-15-17-45(43,44)18-16-39/h3-14,19-20H,15-18,21H2,1-2H3,(H2,34,35)(H,36,41). The lowest BCUT2D eigenvalue weighted by Gasteiger charge is -2.26. The molecule has 12 heteroatoms. The van der Waals surface area contributed by atoms with Gasteiger partial charge in [0, 0.05) is 43.5 Å². The van der Waals surface area contributed by atoms with E-state index in [4.69, 9.17) is 10.7 Å². The van der Waals surface area contributed by atoms with Crippen LogP contribution in [0.1, 0.15) is 21.6 Å². The van der Waals surface area contributed by atoms with E-state index >= 15 is 0 Å². The number of amides is 1. The van der Waals surface area contributed by atoms with Gasteiger partial charge in [-0.25, -0.2) is 23.1 Å². The number of hydrogen-bond donors (Lipinski definition) is 2. The number of rotatable bonds is 7. The molecule has 11 nitrogen and oxygen atoms in total. The first-order chi connectivity index (χ1) is 21.6. The smallest absolute Gasteiger partial charge is 0.284 e. The molecule has 3 N–H and O–H groups in total. The van der Waals surface area contributed by atoms with Gasteiger partial charge in [0.05, 0.1) is 34.8 Å². The Morgan fingerprint density at radius 3 is 2.38 bits per heavy atom. The fourth-order valence-corrected chi connectivity index (χ4v) is 6.76. The first-order valence-corrected chi connectivity index (χ1v) is 16.3. The van der Waals surface area contributed by atoms with Gasteiger partial charge in [-0.15, -0.1) is 0 Å². The molecule has 0 atom stereocenters. The summed E-state index contributed by atoms with van der Waals surface area (Å²) < 4.78 is 26.7. The lowest BCUT2D eigenvalue weighted by molar-refractivity contribution is 0.102. The van der Waals surface area contributed by atoms with Crippen LogP contribution in [0.4, 0.5) is 11.5 Å². The highest BCUT2D eigenvalue weighted by Crippen LogP contribution is 2.28. The minimum atomic E-state index is -2.94. The van der Waals surface area contributed by atoms with Gasteiger partial charge in [-0.2, -0.15) is 0 Å². The van der Waals surface area contributed by atoms with Crippen molar-refractivity contribution in [2.24, 2.45) is 7.05 Å². The van der Waals surface area contributed by atoms with Gasteiger partial charge < -0.3 is 11.1 Å². The molecule has 3 aromatic carbocycles. The van der Waals surface area contributed by atoms with Crippen molar-refractivity contribution in [3.8, 4) is 28.2 Å². The zero-order valence-corrected chi connectivity index (χ0v) is 25.8. The Balaban J connectivity index is 1.19. The Bertz CT molecular complexity index is 2040. The van der Waals surface area contributed by atoms with E-state index in [1.807, 2.05) is 54.6 Å². The number of nitrogens with two attached hydrogens (primary N) is 1. The second kappa shape index (κ2) is 12.1. The van der Waals surface area contributed by atoms with Gasteiger partial charge in [-0.05, 0) is 42.8 Å². The molecule has 3 heterocycles. The van der Waals surface area contributed by atoms with Crippen LogP contribution in [0, 0.1) is 6.92 Å². The predicted molar refractivity (Wildman–Crippen MR) is 175 cm³/mol. The molecule has 1 fully saturated rings. The summed E-state index contributed by atoms with van der Waals surface area (Å²) in [6.07, 6.45) is 1.63. The summed E-state index contributed by atoms with van der Waals surface area (Å²) in [6, 6.07) is 24.2. The van der Waals surface area contributed by atoms with Gasteiger partial charge in [0.2, 0.25) is 0 Å². The van der Waals surface area contributed by atoms with Crippen LogP contribution in [-0.4, -0.2) is 63.2 Å². The van der Waals surface area contributed by atoms with E-state index in [9.17, 15) is 18.0 Å². The molecule has 0 unspecified atom stereocenters. The van der Waals surface area contributed by atoms with Crippen molar-refractivity contribution in [2.75, 3.05) is 35.6 Å². The summed E-state index contributed by atoms with van der Waals surface area (Å²) in [4.78, 5) is 37.8. The molecule has 230 valence electrons. The summed E-state index contributed by atoms with van der Waals surface area (Å²) in [5.41, 5.74) is 11.4. The Hall–Kier alpha value is -5.07. The monoisotopic (exact) mass is 623 g/mol. The third kappa shape index (κ3) is 6.28. The number of anilines is 2. The van der Waals surface area contributed by atoms with Crippen LogP contribution in [0.5, 0.6) is 0 Å². The summed E-state index contributed by atoms with van der Waals surface area (Å²) in [6.45, 7) is 3.43. The van der Waals surface area contributed by atoms with E-state index in [2.05, 4.69) is 15.2 Å². The average molecular weight is 624 g/mol. The third-order valence-corrected chi connectivity index (χ3v) is 9.67. The van der Waals surface area contributed by atoms with Gasteiger partial charge in [-0.1, -0.05) is 48.5 Å². The highest BCUT2D eigenvalue weighted by atomic mass is 32.2. The van der Waals surface area contributed by atoms with Crippen molar-refractivity contribution in [3.05, 3.63) is 112 Å². The van der Waals surface area contributed by atoms with Gasteiger partial charge in [-0.3, -0.25) is 19.2 Å². The first-order valence-electron chi connectivity index (χ1n) is 14.5. The number of carbonyl (C=O) groups excluding carboxylic acids is 1. The second-order valence-corrected chi connectivity index (χ2v) is 13.4. The zero-order valence-electron chi connectivity index (χ0n) is 25.0. The van der Waals surface area contributed by atoms with E-state index in [1.165, 1.54) is 4.68 Å². The molecular weight excluding hydrogens is 590 g/mol. The van der Waals surface area contributed by atoms with Gasteiger partial charge in [0.15, 0.2) is 9.84 Å². The minimum Gasteiger partial charge on any atom is -0.382 e. The number of nitrogen functional groups attached to an aromatic ring is 1. The maximum atomic E-state index is 13.2. The fourth-order valence-electron chi connectivity index (χ4n) is 5.48. The number of nitrogens with one attached hydrogen (secondary N) is 1. The Morgan fingerprint density at radius 2 is 1.67 bits per heavy atom. The number of para-hydroxylation sites is 1. The van der Waals surface area contributed by atoms with Crippen LogP contribution >= 0.6 is 0 Å². The van der Waals surface area contributed by atoms with Crippen LogP contribution in [0.3, 0.4) is 0 Å². The summed E-state index contributed by atoms with van der Waals surface area (Å²) in [7, 11) is -1.19. The van der Waals surface area contributed by atoms with Gasteiger partial charge in [0.25, 0.3) is 11.5 Å². The molecule has 1 amide bonds. The lowest BCUT2D eigenvalue weighted by atomic mass is 10.1. The van der Waals surface area contributed by atoms with Gasteiger partial charge >= 0.3 is 0 Å². The third-order valence-electron chi connectivity index (χ3n) is 8.06. The Kier molecular flexibility index (Phi) is 8.09. The van der Waals surface area contributed by atoms with Crippen LogP contribution < -0.4 is 16.6 Å². The summed E-state index contributed by atoms with van der Waals surface area (Å²) in [5, 5.41) is 2.84. The maximum Gasteiger partial charge on any atom is 0.284 e.